The van der Waals surface area contributed by atoms with Crippen LogP contribution in [0.2, 0.25) is 0 Å². The minimum Gasteiger partial charge on any atom is -0.481 e. The molecule has 1 aliphatic rings. The Morgan fingerprint density at radius 1 is 0.938 bits per heavy atom. The van der Waals surface area contributed by atoms with Gasteiger partial charge >= 0.3 is 5.97 Å². The number of rotatable bonds is 8. The largest absolute Gasteiger partial charge is 0.481 e. The van der Waals surface area contributed by atoms with Gasteiger partial charge < -0.3 is 5.11 Å². The molecular formula is C22H28N2O6S2. The second-order valence-corrected chi connectivity index (χ2v) is 11.6. The summed E-state index contributed by atoms with van der Waals surface area (Å²) in [6.07, 6.45) is 0.983. The summed E-state index contributed by atoms with van der Waals surface area (Å²) in [6.45, 7) is 4.63. The molecule has 0 saturated carbocycles. The Kier molecular flexibility index (Phi) is 7.39. The smallest absolute Gasteiger partial charge is 0.307 e. The summed E-state index contributed by atoms with van der Waals surface area (Å²) in [5.41, 5.74) is 1.51. The average Bonchev–Trinajstić information content (AvgIpc) is 2.80. The zero-order valence-electron chi connectivity index (χ0n) is 18.1. The van der Waals surface area contributed by atoms with Crippen LogP contribution in [0.4, 0.5) is 0 Å². The molecule has 0 bridgehead atoms. The maximum Gasteiger partial charge on any atom is 0.307 e. The van der Waals surface area contributed by atoms with Crippen molar-refractivity contribution in [1.29, 1.82) is 0 Å². The molecule has 0 amide bonds. The highest BCUT2D eigenvalue weighted by Gasteiger charge is 2.33. The lowest BCUT2D eigenvalue weighted by Crippen LogP contribution is -2.42. The summed E-state index contributed by atoms with van der Waals surface area (Å²) in [5.74, 6) is -1.67. The zero-order chi connectivity index (χ0) is 23.5. The van der Waals surface area contributed by atoms with Gasteiger partial charge in [0.25, 0.3) is 0 Å². The number of hydrogen-bond donors (Lipinski definition) is 1. The number of carbonyl (C=O) groups is 1. The van der Waals surface area contributed by atoms with E-state index in [0.29, 0.717) is 32.5 Å². The number of benzene rings is 2. The van der Waals surface area contributed by atoms with E-state index in [-0.39, 0.29) is 16.3 Å². The van der Waals surface area contributed by atoms with Crippen molar-refractivity contribution in [1.82, 2.24) is 8.61 Å². The van der Waals surface area contributed by atoms with Gasteiger partial charge in [0, 0.05) is 26.2 Å². The van der Waals surface area contributed by atoms with E-state index < -0.39 is 31.9 Å². The number of aliphatic carboxylic acids is 1. The summed E-state index contributed by atoms with van der Waals surface area (Å²) in [7, 11) is -7.33. The molecule has 2 aromatic carbocycles. The standard InChI is InChI=1S/C22H28N2O6S2/c1-3-23(4-2)31(27,28)20-11-7-17(8-12-20)18-9-13-21(14-10-18)32(29,30)24-15-5-6-19(16-24)22(25)26/h7-14,19H,3-6,15-16H2,1-2H3,(H,25,26)/t19-/m1/s1. The lowest BCUT2D eigenvalue weighted by molar-refractivity contribution is -0.142. The third-order valence-electron chi connectivity index (χ3n) is 5.76. The van der Waals surface area contributed by atoms with E-state index in [1.165, 1.54) is 20.7 Å². The molecule has 1 aliphatic heterocycles. The number of piperidine rings is 1. The highest BCUT2D eigenvalue weighted by Crippen LogP contribution is 2.27. The molecule has 8 nitrogen and oxygen atoms in total. The van der Waals surface area contributed by atoms with Gasteiger partial charge in [0.2, 0.25) is 20.0 Å². The molecule has 1 saturated heterocycles. The maximum absolute atomic E-state index is 12.9. The Balaban J connectivity index is 1.80. The van der Waals surface area contributed by atoms with Gasteiger partial charge in [-0.3, -0.25) is 4.79 Å². The second kappa shape index (κ2) is 9.70. The predicted molar refractivity (Wildman–Crippen MR) is 121 cm³/mol. The minimum absolute atomic E-state index is 0.0259. The highest BCUT2D eigenvalue weighted by molar-refractivity contribution is 7.89. The molecule has 2 aromatic rings. The Bertz CT molecular complexity index is 1160. The molecule has 1 heterocycles. The van der Waals surface area contributed by atoms with Crippen molar-refractivity contribution in [3.05, 3.63) is 48.5 Å². The quantitative estimate of drug-likeness (QED) is 0.622. The molecule has 10 heteroatoms. The van der Waals surface area contributed by atoms with E-state index in [2.05, 4.69) is 0 Å². The van der Waals surface area contributed by atoms with Crippen LogP contribution in [-0.4, -0.2) is 62.7 Å². The molecule has 32 heavy (non-hydrogen) atoms. The van der Waals surface area contributed by atoms with Crippen molar-refractivity contribution in [2.45, 2.75) is 36.5 Å². The molecule has 1 N–H and O–H groups in total. The number of carboxylic acid groups (broad SMARTS) is 1. The Labute approximate surface area is 189 Å². The SMILES string of the molecule is CCN(CC)S(=O)(=O)c1ccc(-c2ccc(S(=O)(=O)N3CCC[C@@H](C(=O)O)C3)cc2)cc1. The van der Waals surface area contributed by atoms with Crippen molar-refractivity contribution in [3.63, 3.8) is 0 Å². The fraction of sp³-hybridized carbons (Fsp3) is 0.409. The maximum atomic E-state index is 12.9. The number of sulfonamides is 2. The molecule has 174 valence electrons. The Morgan fingerprint density at radius 3 is 1.91 bits per heavy atom. The van der Waals surface area contributed by atoms with Crippen molar-refractivity contribution >= 4 is 26.0 Å². The van der Waals surface area contributed by atoms with E-state index >= 15 is 0 Å². The predicted octanol–water partition coefficient (Wildman–Crippen LogP) is 2.87. The normalized spacial score (nSPS) is 18.0. The lowest BCUT2D eigenvalue weighted by atomic mass is 10.0. The number of hydrogen-bond acceptors (Lipinski definition) is 5. The van der Waals surface area contributed by atoms with Gasteiger partial charge in [0.05, 0.1) is 15.7 Å². The minimum atomic E-state index is -3.78. The fourth-order valence-electron chi connectivity index (χ4n) is 3.86. The zero-order valence-corrected chi connectivity index (χ0v) is 19.8. The summed E-state index contributed by atoms with van der Waals surface area (Å²) in [6, 6.07) is 12.8. The molecule has 0 unspecified atom stereocenters. The third-order valence-corrected chi connectivity index (χ3v) is 9.70. The van der Waals surface area contributed by atoms with E-state index in [4.69, 9.17) is 0 Å². The van der Waals surface area contributed by atoms with E-state index in [0.717, 1.165) is 11.1 Å². The van der Waals surface area contributed by atoms with E-state index in [1.807, 2.05) is 0 Å². The average molecular weight is 481 g/mol. The van der Waals surface area contributed by atoms with Crippen LogP contribution in [0.25, 0.3) is 11.1 Å². The van der Waals surface area contributed by atoms with Crippen molar-refractivity contribution in [2.75, 3.05) is 26.2 Å². The topological polar surface area (TPSA) is 112 Å². The summed E-state index contributed by atoms with van der Waals surface area (Å²) in [5, 5.41) is 9.22. The van der Waals surface area contributed by atoms with Crippen LogP contribution in [0.5, 0.6) is 0 Å². The first-order chi connectivity index (χ1) is 15.1. The molecule has 0 aliphatic carbocycles. The van der Waals surface area contributed by atoms with Gasteiger partial charge in [-0.1, -0.05) is 38.1 Å². The van der Waals surface area contributed by atoms with Gasteiger partial charge in [-0.15, -0.1) is 0 Å². The first kappa shape index (κ1) is 24.4. The van der Waals surface area contributed by atoms with Crippen LogP contribution in [0.3, 0.4) is 0 Å². The summed E-state index contributed by atoms with van der Waals surface area (Å²) >= 11 is 0. The molecule has 0 radical (unpaired) electrons. The number of nitrogens with zero attached hydrogens (tertiary/aromatic N) is 2. The molecule has 1 fully saturated rings. The first-order valence-corrected chi connectivity index (χ1v) is 13.4. The Morgan fingerprint density at radius 2 is 1.44 bits per heavy atom. The van der Waals surface area contributed by atoms with Crippen molar-refractivity contribution in [3.8, 4) is 11.1 Å². The second-order valence-electron chi connectivity index (χ2n) is 7.68. The van der Waals surface area contributed by atoms with Gasteiger partial charge in [0.15, 0.2) is 0 Å². The summed E-state index contributed by atoms with van der Waals surface area (Å²) in [4.78, 5) is 11.6. The Hall–Kier alpha value is -2.27. The lowest BCUT2D eigenvalue weighted by Gasteiger charge is -2.29. The van der Waals surface area contributed by atoms with E-state index in [9.17, 15) is 26.7 Å². The van der Waals surface area contributed by atoms with Gasteiger partial charge in [-0.05, 0) is 48.2 Å². The first-order valence-electron chi connectivity index (χ1n) is 10.5. The van der Waals surface area contributed by atoms with Crippen molar-refractivity contribution < 1.29 is 26.7 Å². The van der Waals surface area contributed by atoms with Crippen LogP contribution in [-0.2, 0) is 24.8 Å². The van der Waals surface area contributed by atoms with Crippen LogP contribution < -0.4 is 0 Å². The van der Waals surface area contributed by atoms with Crippen LogP contribution in [0, 0.1) is 5.92 Å². The molecule has 3 rings (SSSR count). The van der Waals surface area contributed by atoms with Gasteiger partial charge in [-0.2, -0.15) is 8.61 Å². The molecule has 0 aromatic heterocycles. The van der Waals surface area contributed by atoms with Crippen LogP contribution >= 0.6 is 0 Å². The highest BCUT2D eigenvalue weighted by atomic mass is 32.2. The van der Waals surface area contributed by atoms with Gasteiger partial charge in [0.1, 0.15) is 0 Å². The van der Waals surface area contributed by atoms with Gasteiger partial charge in [-0.25, -0.2) is 16.8 Å². The monoisotopic (exact) mass is 480 g/mol. The molecular weight excluding hydrogens is 452 g/mol. The van der Waals surface area contributed by atoms with Crippen LogP contribution in [0.1, 0.15) is 26.7 Å². The number of carboxylic acids is 1. The van der Waals surface area contributed by atoms with E-state index in [1.54, 1.807) is 50.2 Å². The van der Waals surface area contributed by atoms with Crippen LogP contribution in [0.15, 0.2) is 58.3 Å². The van der Waals surface area contributed by atoms with Crippen molar-refractivity contribution in [2.24, 2.45) is 5.92 Å². The third kappa shape index (κ3) is 4.88. The molecule has 0 spiro atoms. The molecule has 1 atom stereocenters. The fourth-order valence-corrected chi connectivity index (χ4v) is 6.84. The summed E-state index contributed by atoms with van der Waals surface area (Å²) < 4.78 is 53.8.